The minimum absolute atomic E-state index is 0.221. The maximum atomic E-state index is 13.7. The Kier molecular flexibility index (Phi) is 6.31. The zero-order valence-corrected chi connectivity index (χ0v) is 16.1. The van der Waals surface area contributed by atoms with Crippen molar-refractivity contribution in [3.8, 4) is 22.8 Å². The zero-order valence-electron chi connectivity index (χ0n) is 16.1. The molecule has 172 valence electrons. The molecule has 0 aliphatic carbocycles. The molecular formula is C19H11F7N6O. The summed E-state index contributed by atoms with van der Waals surface area (Å²) in [7, 11) is 0. The summed E-state index contributed by atoms with van der Waals surface area (Å²) in [6, 6.07) is 10.4. The molecule has 0 spiro atoms. The summed E-state index contributed by atoms with van der Waals surface area (Å²) in [4.78, 5) is 6.67. The lowest BCUT2D eigenvalue weighted by Gasteiger charge is -2.29. The average molecular weight is 472 g/mol. The first-order valence-electron chi connectivity index (χ1n) is 8.79. The second-order valence-corrected chi connectivity index (χ2v) is 6.34. The number of rotatable bonds is 6. The molecule has 7 nitrogen and oxygen atoms in total. The van der Waals surface area contributed by atoms with E-state index in [-0.39, 0.29) is 11.5 Å². The molecule has 0 atom stereocenters. The molecule has 1 heterocycles. The highest BCUT2D eigenvalue weighted by molar-refractivity contribution is 5.59. The fraction of sp³-hybridized carbons (Fsp3) is 0.158. The van der Waals surface area contributed by atoms with E-state index in [1.165, 1.54) is 17.2 Å². The van der Waals surface area contributed by atoms with Crippen LogP contribution in [0.15, 0.2) is 66.2 Å². The Labute approximate surface area is 180 Å². The topological polar surface area (TPSA) is 88.7 Å². The van der Waals surface area contributed by atoms with Gasteiger partial charge in [0.1, 0.15) is 12.1 Å². The van der Waals surface area contributed by atoms with Crippen LogP contribution in [-0.4, -0.2) is 33.0 Å². The summed E-state index contributed by atoms with van der Waals surface area (Å²) in [6.45, 7) is 0. The summed E-state index contributed by atoms with van der Waals surface area (Å²) in [5, 5.41) is 7.45. The lowest BCUT2D eigenvalue weighted by molar-refractivity contribution is -0.405. The van der Waals surface area contributed by atoms with E-state index in [0.717, 1.165) is 29.8 Å². The smallest absolute Gasteiger partial charge is 0.444 e. The minimum atomic E-state index is -6.33. The summed E-state index contributed by atoms with van der Waals surface area (Å²) in [6.07, 6.45) is -8.56. The van der Waals surface area contributed by atoms with Crippen molar-refractivity contribution in [2.75, 3.05) is 0 Å². The number of nitrogens with zero attached hydrogens (tertiary/aromatic N) is 6. The van der Waals surface area contributed by atoms with Crippen molar-refractivity contribution in [1.29, 1.82) is 0 Å². The van der Waals surface area contributed by atoms with Gasteiger partial charge in [0.15, 0.2) is 5.82 Å². The fourth-order valence-electron chi connectivity index (χ4n) is 2.52. The second-order valence-electron chi connectivity index (χ2n) is 6.34. The van der Waals surface area contributed by atoms with Crippen molar-refractivity contribution in [1.82, 2.24) is 14.8 Å². The Bertz CT molecular complexity index is 1160. The van der Waals surface area contributed by atoms with E-state index in [2.05, 4.69) is 24.8 Å². The SMILES string of the molecule is [N-]=[N+]=NC=Cc1ccc(-c2ncn(-c3ccc(OC(F)(C(F)(F)F)C(F)(F)F)cc3)n2)cc1. The Hall–Kier alpha value is -4.06. The Balaban J connectivity index is 1.78. The number of azide groups is 1. The summed E-state index contributed by atoms with van der Waals surface area (Å²) in [5.41, 5.74) is 9.80. The molecule has 1 aromatic heterocycles. The monoisotopic (exact) mass is 472 g/mol. The van der Waals surface area contributed by atoms with Crippen molar-refractivity contribution >= 4 is 6.08 Å². The van der Waals surface area contributed by atoms with Gasteiger partial charge in [-0.2, -0.15) is 30.7 Å². The van der Waals surface area contributed by atoms with E-state index < -0.39 is 24.0 Å². The van der Waals surface area contributed by atoms with Crippen LogP contribution >= 0.6 is 0 Å². The fourth-order valence-corrected chi connectivity index (χ4v) is 2.52. The van der Waals surface area contributed by atoms with Crippen LogP contribution in [0.3, 0.4) is 0 Å². The molecule has 14 heteroatoms. The number of hydrogen-bond donors (Lipinski definition) is 0. The van der Waals surface area contributed by atoms with Crippen molar-refractivity contribution < 1.29 is 35.5 Å². The van der Waals surface area contributed by atoms with Gasteiger partial charge in [0.2, 0.25) is 0 Å². The number of ether oxygens (including phenoxy) is 1. The molecule has 0 N–H and O–H groups in total. The van der Waals surface area contributed by atoms with Crippen LogP contribution < -0.4 is 4.74 Å². The molecule has 0 unspecified atom stereocenters. The van der Waals surface area contributed by atoms with Crippen molar-refractivity contribution in [2.24, 2.45) is 5.11 Å². The third-order valence-corrected chi connectivity index (χ3v) is 4.13. The molecule has 0 radical (unpaired) electrons. The highest BCUT2D eigenvalue weighted by Gasteiger charge is 2.76. The number of aromatic nitrogens is 3. The molecule has 0 aliphatic rings. The number of benzene rings is 2. The zero-order chi connectivity index (χ0) is 24.3. The third kappa shape index (κ3) is 5.06. The van der Waals surface area contributed by atoms with Gasteiger partial charge in [-0.3, -0.25) is 0 Å². The number of hydrogen-bond acceptors (Lipinski definition) is 4. The first-order valence-corrected chi connectivity index (χ1v) is 8.79. The van der Waals surface area contributed by atoms with Gasteiger partial charge < -0.3 is 4.74 Å². The minimum Gasteiger partial charge on any atom is -0.444 e. The van der Waals surface area contributed by atoms with E-state index in [4.69, 9.17) is 5.53 Å². The van der Waals surface area contributed by atoms with Crippen LogP contribution in [-0.2, 0) is 0 Å². The molecule has 0 fully saturated rings. The highest BCUT2D eigenvalue weighted by Crippen LogP contribution is 2.47. The van der Waals surface area contributed by atoms with Gasteiger partial charge in [0, 0.05) is 16.7 Å². The van der Waals surface area contributed by atoms with Crippen LogP contribution in [0.1, 0.15) is 5.56 Å². The predicted molar refractivity (Wildman–Crippen MR) is 102 cm³/mol. The largest absolute Gasteiger partial charge is 0.470 e. The lowest BCUT2D eigenvalue weighted by atomic mass is 10.1. The van der Waals surface area contributed by atoms with E-state index in [0.29, 0.717) is 5.56 Å². The first kappa shape index (κ1) is 23.6. The molecule has 0 saturated carbocycles. The second kappa shape index (κ2) is 8.82. The van der Waals surface area contributed by atoms with Gasteiger partial charge in [0.25, 0.3) is 0 Å². The standard InChI is InChI=1S/C19H11F7N6O/c20-17(18(21,22)23,19(24,25)26)33-15-7-5-14(6-8-15)32-11-28-16(30-32)13-3-1-12(2-4-13)9-10-29-31-27/h1-11H. The lowest BCUT2D eigenvalue weighted by Crippen LogP contribution is -2.57. The Morgan fingerprint density at radius 3 is 2.06 bits per heavy atom. The normalized spacial score (nSPS) is 12.6. The molecule has 2 aromatic carbocycles. The number of alkyl halides is 7. The van der Waals surface area contributed by atoms with Gasteiger partial charge in [-0.15, -0.1) is 5.10 Å². The molecule has 0 aliphatic heterocycles. The summed E-state index contributed by atoms with van der Waals surface area (Å²) >= 11 is 0. The van der Waals surface area contributed by atoms with Crippen molar-refractivity contribution in [2.45, 2.75) is 18.2 Å². The molecule has 33 heavy (non-hydrogen) atoms. The molecular weight excluding hydrogens is 461 g/mol. The summed E-state index contributed by atoms with van der Waals surface area (Å²) < 4.78 is 94.3. The van der Waals surface area contributed by atoms with E-state index in [9.17, 15) is 30.7 Å². The first-order chi connectivity index (χ1) is 15.4. The van der Waals surface area contributed by atoms with E-state index in [1.807, 2.05) is 0 Å². The van der Waals surface area contributed by atoms with Gasteiger partial charge in [-0.25, -0.2) is 9.67 Å². The molecule has 0 amide bonds. The van der Waals surface area contributed by atoms with Crippen LogP contribution in [0, 0.1) is 0 Å². The third-order valence-electron chi connectivity index (χ3n) is 4.13. The number of halogens is 7. The van der Waals surface area contributed by atoms with Gasteiger partial charge in [-0.1, -0.05) is 35.5 Å². The van der Waals surface area contributed by atoms with Crippen molar-refractivity contribution in [3.63, 3.8) is 0 Å². The summed E-state index contributed by atoms with van der Waals surface area (Å²) in [5.74, 6) is -6.57. The van der Waals surface area contributed by atoms with E-state index >= 15 is 0 Å². The molecule has 0 saturated heterocycles. The van der Waals surface area contributed by atoms with E-state index in [1.54, 1.807) is 30.3 Å². The Morgan fingerprint density at radius 2 is 1.52 bits per heavy atom. The van der Waals surface area contributed by atoms with Crippen molar-refractivity contribution in [3.05, 3.63) is 77.1 Å². The Morgan fingerprint density at radius 1 is 0.909 bits per heavy atom. The molecule has 3 aromatic rings. The van der Waals surface area contributed by atoms with Gasteiger partial charge >= 0.3 is 18.2 Å². The van der Waals surface area contributed by atoms with Crippen LogP contribution in [0.25, 0.3) is 33.6 Å². The van der Waals surface area contributed by atoms with Crippen LogP contribution in [0.2, 0.25) is 0 Å². The van der Waals surface area contributed by atoms with Gasteiger partial charge in [0.05, 0.1) is 5.69 Å². The van der Waals surface area contributed by atoms with Crippen LogP contribution in [0.5, 0.6) is 5.75 Å². The predicted octanol–water partition coefficient (Wildman–Crippen LogP) is 6.38. The molecule has 0 bridgehead atoms. The quantitative estimate of drug-likeness (QED) is 0.180. The van der Waals surface area contributed by atoms with Gasteiger partial charge in [-0.05, 0) is 35.4 Å². The maximum absolute atomic E-state index is 13.7. The van der Waals surface area contributed by atoms with Crippen LogP contribution in [0.4, 0.5) is 30.7 Å². The molecule has 3 rings (SSSR count). The maximum Gasteiger partial charge on any atom is 0.470 e. The average Bonchev–Trinajstić information content (AvgIpc) is 3.23. The highest BCUT2D eigenvalue weighted by atomic mass is 19.4.